The molecule has 0 N–H and O–H groups in total. The summed E-state index contributed by atoms with van der Waals surface area (Å²) in [5.74, 6) is 0. The van der Waals surface area contributed by atoms with Crippen molar-refractivity contribution in [3.8, 4) is 6.07 Å². The largest absolute Gasteiger partial charge is 0.192 e. The minimum Gasteiger partial charge on any atom is -0.192 e. The monoisotopic (exact) mass is 205 g/mol. The van der Waals surface area contributed by atoms with Crippen LogP contribution in [0.5, 0.6) is 0 Å². The summed E-state index contributed by atoms with van der Waals surface area (Å²) in [5, 5.41) is 8.93. The van der Waals surface area contributed by atoms with Gasteiger partial charge in [0.25, 0.3) is 0 Å². The molecule has 0 spiro atoms. The Labute approximate surface area is 95.3 Å². The van der Waals surface area contributed by atoms with E-state index < -0.39 is 0 Å². The Morgan fingerprint density at radius 2 is 1.50 bits per heavy atom. The number of hydrogen-bond donors (Lipinski definition) is 0. The highest BCUT2D eigenvalue weighted by Crippen LogP contribution is 2.12. The van der Waals surface area contributed by atoms with Crippen molar-refractivity contribution in [2.24, 2.45) is 0 Å². The molecule has 1 nitrogen and oxygen atoms in total. The average molecular weight is 205 g/mol. The maximum Gasteiger partial charge on any atom is 0.0997 e. The summed E-state index contributed by atoms with van der Waals surface area (Å²) < 4.78 is 0. The van der Waals surface area contributed by atoms with Crippen LogP contribution in [0.3, 0.4) is 0 Å². The zero-order valence-electron chi connectivity index (χ0n) is 8.80. The Hall–Kier alpha value is -2.33. The topological polar surface area (TPSA) is 23.8 Å². The second kappa shape index (κ2) is 4.95. The van der Waals surface area contributed by atoms with Crippen LogP contribution in [0.2, 0.25) is 0 Å². The molecule has 0 saturated heterocycles. The first kappa shape index (κ1) is 10.2. The summed E-state index contributed by atoms with van der Waals surface area (Å²) in [6.07, 6.45) is 3.98. The fourth-order valence-electron chi connectivity index (χ4n) is 1.49. The van der Waals surface area contributed by atoms with E-state index in [1.165, 1.54) is 0 Å². The van der Waals surface area contributed by atoms with Crippen molar-refractivity contribution in [3.05, 3.63) is 71.3 Å². The molecule has 2 rings (SSSR count). The highest BCUT2D eigenvalue weighted by Gasteiger charge is 1.95. The van der Waals surface area contributed by atoms with Gasteiger partial charge >= 0.3 is 0 Å². The van der Waals surface area contributed by atoms with E-state index in [1.807, 2.05) is 66.7 Å². The van der Waals surface area contributed by atoms with Crippen LogP contribution >= 0.6 is 0 Å². The van der Waals surface area contributed by atoms with Crippen LogP contribution in [0.4, 0.5) is 0 Å². The highest BCUT2D eigenvalue weighted by atomic mass is 14.2. The molecule has 0 aromatic heterocycles. The first-order valence-electron chi connectivity index (χ1n) is 5.12. The Morgan fingerprint density at radius 3 is 2.25 bits per heavy atom. The van der Waals surface area contributed by atoms with Gasteiger partial charge in [-0.1, -0.05) is 60.7 Å². The molecule has 0 radical (unpaired) electrons. The predicted octanol–water partition coefficient (Wildman–Crippen LogP) is 3.73. The van der Waals surface area contributed by atoms with Crippen molar-refractivity contribution in [2.45, 2.75) is 0 Å². The van der Waals surface area contributed by atoms with Crippen LogP contribution in [0.15, 0.2) is 54.6 Å². The van der Waals surface area contributed by atoms with Gasteiger partial charge in [-0.15, -0.1) is 0 Å². The third kappa shape index (κ3) is 2.37. The highest BCUT2D eigenvalue weighted by molar-refractivity contribution is 5.72. The number of hydrogen-bond acceptors (Lipinski definition) is 1. The lowest BCUT2D eigenvalue weighted by molar-refractivity contribution is 1.47. The molecule has 0 heterocycles. The van der Waals surface area contributed by atoms with Gasteiger partial charge in [-0.3, -0.25) is 0 Å². The lowest BCUT2D eigenvalue weighted by Crippen LogP contribution is -1.79. The fraction of sp³-hybridized carbons (Fsp3) is 0. The molecule has 1 heteroatoms. The van der Waals surface area contributed by atoms with Crippen LogP contribution in [0, 0.1) is 11.3 Å². The Morgan fingerprint density at radius 1 is 0.812 bits per heavy atom. The van der Waals surface area contributed by atoms with Crippen molar-refractivity contribution in [1.82, 2.24) is 0 Å². The summed E-state index contributed by atoms with van der Waals surface area (Å²) in [7, 11) is 0. The van der Waals surface area contributed by atoms with Crippen LogP contribution in [-0.4, -0.2) is 0 Å². The molecule has 0 aliphatic carbocycles. The van der Waals surface area contributed by atoms with Crippen molar-refractivity contribution < 1.29 is 0 Å². The lowest BCUT2D eigenvalue weighted by atomic mass is 10.1. The molecule has 0 bridgehead atoms. The molecule has 2 aromatic carbocycles. The minimum atomic E-state index is 0.703. The minimum absolute atomic E-state index is 0.703. The van der Waals surface area contributed by atoms with Gasteiger partial charge < -0.3 is 0 Å². The summed E-state index contributed by atoms with van der Waals surface area (Å²) in [6.45, 7) is 0. The zero-order valence-corrected chi connectivity index (χ0v) is 8.80. The Balaban J connectivity index is 2.28. The summed E-state index contributed by atoms with van der Waals surface area (Å²) in [4.78, 5) is 0. The molecule has 16 heavy (non-hydrogen) atoms. The summed E-state index contributed by atoms with van der Waals surface area (Å²) in [5.41, 5.74) is 2.79. The van der Waals surface area contributed by atoms with E-state index in [4.69, 9.17) is 5.26 Å². The molecule has 0 unspecified atom stereocenters. The molecule has 76 valence electrons. The van der Waals surface area contributed by atoms with E-state index in [2.05, 4.69) is 6.07 Å². The van der Waals surface area contributed by atoms with E-state index in [9.17, 15) is 0 Å². The van der Waals surface area contributed by atoms with E-state index in [0.717, 1.165) is 11.1 Å². The van der Waals surface area contributed by atoms with E-state index in [-0.39, 0.29) is 0 Å². The number of nitrogens with zero attached hydrogens (tertiary/aromatic N) is 1. The quantitative estimate of drug-likeness (QED) is 0.685. The van der Waals surface area contributed by atoms with Gasteiger partial charge in [-0.05, 0) is 17.2 Å². The molecular formula is C15H11N. The number of benzene rings is 2. The maximum absolute atomic E-state index is 8.93. The molecule has 0 fully saturated rings. The maximum atomic E-state index is 8.93. The normalized spacial score (nSPS) is 10.2. The summed E-state index contributed by atoms with van der Waals surface area (Å²) >= 11 is 0. The van der Waals surface area contributed by atoms with E-state index in [0.29, 0.717) is 5.56 Å². The third-order valence-corrected chi connectivity index (χ3v) is 2.34. The van der Waals surface area contributed by atoms with Crippen molar-refractivity contribution in [1.29, 1.82) is 5.26 Å². The second-order valence-corrected chi connectivity index (χ2v) is 3.44. The van der Waals surface area contributed by atoms with Gasteiger partial charge in [-0.2, -0.15) is 5.26 Å². The van der Waals surface area contributed by atoms with Gasteiger partial charge in [0, 0.05) is 0 Å². The lowest BCUT2D eigenvalue weighted by Gasteiger charge is -1.96. The van der Waals surface area contributed by atoms with Crippen LogP contribution in [-0.2, 0) is 0 Å². The average Bonchev–Trinajstić information content (AvgIpc) is 2.38. The zero-order chi connectivity index (χ0) is 11.2. The molecule has 0 atom stereocenters. The Kier molecular flexibility index (Phi) is 3.15. The molecule has 0 aliphatic heterocycles. The molecule has 0 aliphatic rings. The van der Waals surface area contributed by atoms with E-state index in [1.54, 1.807) is 0 Å². The Bertz CT molecular complexity index is 533. The first-order valence-corrected chi connectivity index (χ1v) is 5.12. The smallest absolute Gasteiger partial charge is 0.0997 e. The van der Waals surface area contributed by atoms with Crippen molar-refractivity contribution in [3.63, 3.8) is 0 Å². The van der Waals surface area contributed by atoms with Gasteiger partial charge in [-0.25, -0.2) is 0 Å². The van der Waals surface area contributed by atoms with Crippen LogP contribution in [0.25, 0.3) is 12.2 Å². The van der Waals surface area contributed by atoms with Gasteiger partial charge in [0.1, 0.15) is 0 Å². The third-order valence-electron chi connectivity index (χ3n) is 2.34. The van der Waals surface area contributed by atoms with Crippen LogP contribution in [0.1, 0.15) is 16.7 Å². The fourth-order valence-corrected chi connectivity index (χ4v) is 1.49. The number of nitriles is 1. The van der Waals surface area contributed by atoms with Gasteiger partial charge in [0.05, 0.1) is 11.6 Å². The summed E-state index contributed by atoms with van der Waals surface area (Å²) in [6, 6.07) is 19.8. The first-order chi connectivity index (χ1) is 7.90. The molecule has 0 amide bonds. The van der Waals surface area contributed by atoms with E-state index >= 15 is 0 Å². The SMILES string of the molecule is N#Cc1ccccc1/C=C/c1ccccc1. The van der Waals surface area contributed by atoms with Crippen molar-refractivity contribution >= 4 is 12.2 Å². The van der Waals surface area contributed by atoms with Crippen LogP contribution < -0.4 is 0 Å². The van der Waals surface area contributed by atoms with Gasteiger partial charge in [0.2, 0.25) is 0 Å². The van der Waals surface area contributed by atoms with Gasteiger partial charge in [0.15, 0.2) is 0 Å². The molecular weight excluding hydrogens is 194 g/mol. The predicted molar refractivity (Wildman–Crippen MR) is 66.5 cm³/mol. The van der Waals surface area contributed by atoms with Crippen molar-refractivity contribution in [2.75, 3.05) is 0 Å². The second-order valence-electron chi connectivity index (χ2n) is 3.44. The molecule has 2 aromatic rings. The standard InChI is InChI=1S/C15H11N/c16-12-15-9-5-4-8-14(15)11-10-13-6-2-1-3-7-13/h1-11H/b11-10+. The molecule has 0 saturated carbocycles. The number of rotatable bonds is 2.